The summed E-state index contributed by atoms with van der Waals surface area (Å²) in [7, 11) is 1.38. The summed E-state index contributed by atoms with van der Waals surface area (Å²) in [6, 6.07) is 9.66. The highest BCUT2D eigenvalue weighted by Crippen LogP contribution is 2.06. The van der Waals surface area contributed by atoms with Crippen LogP contribution in [0, 0.1) is 0 Å². The van der Waals surface area contributed by atoms with Crippen LogP contribution in [-0.2, 0) is 9.53 Å². The largest absolute Gasteiger partial charge is 0.466 e. The lowest BCUT2D eigenvalue weighted by Gasteiger charge is -1.98. The summed E-state index contributed by atoms with van der Waals surface area (Å²) in [6.45, 7) is 15.7. The van der Waals surface area contributed by atoms with Gasteiger partial charge in [-0.1, -0.05) is 68.5 Å². The molecule has 0 atom stereocenters. The smallest absolute Gasteiger partial charge is 0.333 e. The first kappa shape index (κ1) is 25.6. The summed E-state index contributed by atoms with van der Waals surface area (Å²) < 4.78 is 4.58. The summed E-state index contributed by atoms with van der Waals surface area (Å²) >= 11 is 0. The van der Waals surface area contributed by atoms with Gasteiger partial charge in [-0.2, -0.15) is 0 Å². The molecule has 0 N–H and O–H groups in total. The molecule has 0 bridgehead atoms. The molecule has 2 nitrogen and oxygen atoms in total. The number of carbonyl (C=O) groups excluding carboxylic acids is 1. The van der Waals surface area contributed by atoms with Crippen LogP contribution in [0.25, 0.3) is 6.08 Å². The maximum absolute atomic E-state index is 11.0. The first-order valence-electron chi connectivity index (χ1n) is 7.71. The monoisotopic (exact) mass is 316 g/mol. The van der Waals surface area contributed by atoms with Gasteiger partial charge >= 0.3 is 5.97 Å². The van der Waals surface area contributed by atoms with Gasteiger partial charge in [0, 0.05) is 5.57 Å². The van der Waals surface area contributed by atoms with Crippen LogP contribution in [0.5, 0.6) is 0 Å². The third-order valence-electron chi connectivity index (χ3n) is 2.19. The van der Waals surface area contributed by atoms with Gasteiger partial charge in [0.05, 0.1) is 7.11 Å². The fourth-order valence-electron chi connectivity index (χ4n) is 1.24. The molecule has 0 amide bonds. The number of rotatable bonds is 3. The van der Waals surface area contributed by atoms with Gasteiger partial charge in [0.25, 0.3) is 0 Å². The molecule has 0 aliphatic rings. The summed E-state index contributed by atoms with van der Waals surface area (Å²) in [6.07, 6.45) is 9.80. The van der Waals surface area contributed by atoms with Gasteiger partial charge in [-0.05, 0) is 32.4 Å². The Bertz CT molecular complexity index is 444. The van der Waals surface area contributed by atoms with Crippen LogP contribution in [0.2, 0.25) is 0 Å². The molecule has 0 fully saturated rings. The number of hydrogen-bond acceptors (Lipinski definition) is 2. The molecule has 1 aromatic carbocycles. The zero-order chi connectivity index (χ0) is 18.5. The summed E-state index contributed by atoms with van der Waals surface area (Å²) in [5.41, 5.74) is 1.61. The maximum Gasteiger partial charge on any atom is 0.333 e. The molecule has 0 radical (unpaired) electrons. The molecule has 0 saturated carbocycles. The molecule has 0 aliphatic heterocycles. The van der Waals surface area contributed by atoms with Crippen molar-refractivity contribution in [1.82, 2.24) is 0 Å². The van der Waals surface area contributed by atoms with E-state index in [4.69, 9.17) is 0 Å². The molecule has 0 heterocycles. The lowest BCUT2D eigenvalue weighted by molar-refractivity contribution is -0.135. The predicted molar refractivity (Wildman–Crippen MR) is 104 cm³/mol. The van der Waals surface area contributed by atoms with Crippen LogP contribution in [0.3, 0.4) is 0 Å². The average molecular weight is 316 g/mol. The fraction of sp³-hybridized carbons (Fsp3) is 0.286. The van der Waals surface area contributed by atoms with Gasteiger partial charge < -0.3 is 4.74 Å². The van der Waals surface area contributed by atoms with E-state index in [0.717, 1.165) is 5.56 Å². The van der Waals surface area contributed by atoms with Gasteiger partial charge in [0.1, 0.15) is 0 Å². The van der Waals surface area contributed by atoms with Crippen molar-refractivity contribution in [2.75, 3.05) is 7.11 Å². The van der Waals surface area contributed by atoms with Crippen molar-refractivity contribution in [2.24, 2.45) is 0 Å². The van der Waals surface area contributed by atoms with Crippen LogP contribution >= 0.6 is 0 Å². The van der Waals surface area contributed by atoms with Gasteiger partial charge in [-0.15, -0.1) is 13.2 Å². The van der Waals surface area contributed by atoms with E-state index < -0.39 is 0 Å². The van der Waals surface area contributed by atoms with Crippen LogP contribution in [0.1, 0.15) is 40.2 Å². The Kier molecular flexibility index (Phi) is 24.4. The molecule has 1 rings (SSSR count). The molecule has 0 unspecified atom stereocenters. The first-order chi connectivity index (χ1) is 11.2. The molecule has 0 aliphatic carbocycles. The van der Waals surface area contributed by atoms with E-state index >= 15 is 0 Å². The Balaban J connectivity index is -0.000000338. The molecule has 23 heavy (non-hydrogen) atoms. The molecule has 0 aromatic heterocycles. The number of methoxy groups -OCH3 is 1. The molecule has 1 aromatic rings. The quantitative estimate of drug-likeness (QED) is 0.286. The lowest BCUT2D eigenvalue weighted by Crippen LogP contribution is -2.00. The highest BCUT2D eigenvalue weighted by molar-refractivity contribution is 5.92. The van der Waals surface area contributed by atoms with Crippen LogP contribution < -0.4 is 0 Å². The van der Waals surface area contributed by atoms with Crippen molar-refractivity contribution in [3.05, 3.63) is 78.9 Å². The predicted octanol–water partition coefficient (Wildman–Crippen LogP) is 6.23. The van der Waals surface area contributed by atoms with Crippen molar-refractivity contribution >= 4 is 12.0 Å². The maximum atomic E-state index is 11.0. The second kappa shape index (κ2) is 21.9. The third kappa shape index (κ3) is 17.6. The van der Waals surface area contributed by atoms with Crippen LogP contribution in [0.15, 0.2) is 73.4 Å². The van der Waals surface area contributed by atoms with Crippen molar-refractivity contribution < 1.29 is 9.53 Å². The number of esters is 1. The number of hydrogen-bond donors (Lipinski definition) is 0. The fourth-order valence-corrected chi connectivity index (χ4v) is 1.24. The molecular formula is C21H32O2. The van der Waals surface area contributed by atoms with Gasteiger partial charge in [0.15, 0.2) is 0 Å². The molecule has 128 valence electrons. The topological polar surface area (TPSA) is 26.3 Å². The van der Waals surface area contributed by atoms with E-state index in [0.29, 0.717) is 5.57 Å². The average Bonchev–Trinajstić information content (AvgIpc) is 2.64. The Morgan fingerprint density at radius 2 is 1.43 bits per heavy atom. The number of allylic oxidation sites excluding steroid dienone is 4. The van der Waals surface area contributed by atoms with E-state index in [1.807, 2.05) is 82.3 Å². The third-order valence-corrected chi connectivity index (χ3v) is 2.19. The summed E-state index contributed by atoms with van der Waals surface area (Å²) in [5.74, 6) is -0.288. The van der Waals surface area contributed by atoms with E-state index in [2.05, 4.69) is 17.9 Å². The number of carbonyl (C=O) groups is 1. The Labute approximate surface area is 142 Å². The standard InChI is InChI=1S/C11H12O2.C6H10.C2H6.C2H4/c1-9(11(12)13-2)8-10-6-4-3-5-7-10;1-3-5-6-4-2;2*1-2/h3-8H,1-2H3;3-6H,1-2H3;1-2H3;1-2H2/b9-8-;5-3+,6-4?;;. The second-order valence-corrected chi connectivity index (χ2v) is 3.78. The molecule has 0 saturated heterocycles. The van der Waals surface area contributed by atoms with Gasteiger partial charge in [0.2, 0.25) is 0 Å². The summed E-state index contributed by atoms with van der Waals surface area (Å²) in [5, 5.41) is 0. The van der Waals surface area contributed by atoms with Gasteiger partial charge in [-0.25, -0.2) is 4.79 Å². The summed E-state index contributed by atoms with van der Waals surface area (Å²) in [4.78, 5) is 11.0. The highest BCUT2D eigenvalue weighted by Gasteiger charge is 2.01. The van der Waals surface area contributed by atoms with E-state index in [1.165, 1.54) is 7.11 Å². The number of benzene rings is 1. The normalized spacial score (nSPS) is 9.74. The van der Waals surface area contributed by atoms with Crippen LogP contribution in [-0.4, -0.2) is 13.1 Å². The minimum atomic E-state index is -0.288. The molecule has 0 spiro atoms. The van der Waals surface area contributed by atoms with Crippen molar-refractivity contribution in [2.45, 2.75) is 34.6 Å². The van der Waals surface area contributed by atoms with Gasteiger partial charge in [-0.3, -0.25) is 0 Å². The van der Waals surface area contributed by atoms with Crippen molar-refractivity contribution in [3.63, 3.8) is 0 Å². The van der Waals surface area contributed by atoms with E-state index in [9.17, 15) is 4.79 Å². The Morgan fingerprint density at radius 3 is 1.78 bits per heavy atom. The number of ether oxygens (including phenoxy) is 1. The lowest BCUT2D eigenvalue weighted by atomic mass is 10.1. The Morgan fingerprint density at radius 1 is 1.00 bits per heavy atom. The van der Waals surface area contributed by atoms with Crippen LogP contribution in [0.4, 0.5) is 0 Å². The van der Waals surface area contributed by atoms with Crippen molar-refractivity contribution in [1.29, 1.82) is 0 Å². The molecular weight excluding hydrogens is 284 g/mol. The van der Waals surface area contributed by atoms with Crippen molar-refractivity contribution in [3.8, 4) is 0 Å². The second-order valence-electron chi connectivity index (χ2n) is 3.78. The Hall–Kier alpha value is -2.35. The van der Waals surface area contributed by atoms with E-state index in [1.54, 1.807) is 13.0 Å². The zero-order valence-corrected chi connectivity index (χ0v) is 15.5. The minimum Gasteiger partial charge on any atom is -0.466 e. The SMILES string of the molecule is C=C.CC.CC=C/C=C/C.COC(=O)/C(C)=C\c1ccccc1. The highest BCUT2D eigenvalue weighted by atomic mass is 16.5. The van der Waals surface area contributed by atoms with E-state index in [-0.39, 0.29) is 5.97 Å². The first-order valence-corrected chi connectivity index (χ1v) is 7.71. The molecule has 2 heteroatoms. The minimum absolute atomic E-state index is 0.288. The zero-order valence-electron chi connectivity index (χ0n) is 15.5.